The molecule has 0 fully saturated rings. The van der Waals surface area contributed by atoms with Crippen LogP contribution in [0.1, 0.15) is 22.0 Å². The number of carboxylic acids is 1. The number of hydrogen-bond donors (Lipinski definition) is 2. The number of methoxy groups -OCH3 is 1. The van der Waals surface area contributed by atoms with Gasteiger partial charge in [-0.25, -0.2) is 14.8 Å². The van der Waals surface area contributed by atoms with Gasteiger partial charge in [-0.15, -0.1) is 0 Å². The van der Waals surface area contributed by atoms with Gasteiger partial charge in [0.2, 0.25) is 0 Å². The first-order valence-electron chi connectivity index (χ1n) is 8.62. The fourth-order valence-electron chi connectivity index (χ4n) is 3.00. The first-order valence-corrected chi connectivity index (χ1v) is 8.99. The molecule has 3 aromatic rings. The number of rotatable bonds is 7. The smallest absolute Gasteiger partial charge is 0.338 e. The topological polar surface area (TPSA) is 87.6 Å². The third-order valence-electron chi connectivity index (χ3n) is 4.31. The van der Waals surface area contributed by atoms with Crippen LogP contribution in [0.2, 0.25) is 5.02 Å². The van der Waals surface area contributed by atoms with Gasteiger partial charge in [-0.05, 0) is 43.9 Å². The Labute approximate surface area is 167 Å². The van der Waals surface area contributed by atoms with Crippen LogP contribution in [0.5, 0.6) is 5.75 Å². The van der Waals surface area contributed by atoms with Crippen molar-refractivity contribution in [2.24, 2.45) is 0 Å². The maximum Gasteiger partial charge on any atom is 0.338 e. The number of carboxylic acid groups (broad SMARTS) is 1. The molecule has 0 saturated carbocycles. The highest BCUT2D eigenvalue weighted by Crippen LogP contribution is 2.30. The Bertz CT molecular complexity index is 993. The van der Waals surface area contributed by atoms with Crippen molar-refractivity contribution >= 4 is 34.3 Å². The van der Waals surface area contributed by atoms with E-state index < -0.39 is 5.97 Å². The minimum absolute atomic E-state index is 0.0652. The molecule has 146 valence electrons. The van der Waals surface area contributed by atoms with Gasteiger partial charge in [0.1, 0.15) is 17.9 Å². The van der Waals surface area contributed by atoms with Gasteiger partial charge < -0.3 is 20.1 Å². The molecule has 1 atom stereocenters. The van der Waals surface area contributed by atoms with Crippen LogP contribution in [0.4, 0.5) is 5.82 Å². The Hall–Kier alpha value is -2.90. The van der Waals surface area contributed by atoms with Gasteiger partial charge in [0.25, 0.3) is 0 Å². The number of ether oxygens (including phenoxy) is 1. The molecule has 0 aliphatic rings. The molecule has 2 aromatic carbocycles. The molecule has 1 heterocycles. The average Bonchev–Trinajstić information content (AvgIpc) is 2.67. The zero-order valence-electron chi connectivity index (χ0n) is 15.8. The number of nitrogens with one attached hydrogen (secondary N) is 1. The largest absolute Gasteiger partial charge is 0.497 e. The molecule has 0 spiro atoms. The minimum Gasteiger partial charge on any atom is -0.497 e. The molecule has 1 unspecified atom stereocenters. The van der Waals surface area contributed by atoms with Crippen LogP contribution in [0.15, 0.2) is 42.7 Å². The van der Waals surface area contributed by atoms with E-state index in [-0.39, 0.29) is 11.6 Å². The van der Waals surface area contributed by atoms with Crippen LogP contribution in [0, 0.1) is 0 Å². The lowest BCUT2D eigenvalue weighted by Crippen LogP contribution is -2.26. The van der Waals surface area contributed by atoms with Gasteiger partial charge in [-0.1, -0.05) is 23.7 Å². The summed E-state index contributed by atoms with van der Waals surface area (Å²) in [5.41, 5.74) is 1.45. The number of aromatic carboxylic acids is 1. The second-order valence-electron chi connectivity index (χ2n) is 6.61. The van der Waals surface area contributed by atoms with E-state index in [1.54, 1.807) is 6.07 Å². The zero-order chi connectivity index (χ0) is 20.3. The molecule has 28 heavy (non-hydrogen) atoms. The number of benzene rings is 2. The minimum atomic E-state index is -1.07. The van der Waals surface area contributed by atoms with E-state index in [0.29, 0.717) is 34.0 Å². The second kappa shape index (κ2) is 8.41. The third kappa shape index (κ3) is 4.32. The highest BCUT2D eigenvalue weighted by Gasteiger charge is 2.19. The summed E-state index contributed by atoms with van der Waals surface area (Å²) < 4.78 is 5.27. The highest BCUT2D eigenvalue weighted by molar-refractivity contribution is 6.30. The predicted octanol–water partition coefficient (Wildman–Crippen LogP) is 3.70. The number of halogens is 1. The fraction of sp³-hybridized carbons (Fsp3) is 0.250. The number of hydrogen-bond acceptors (Lipinski definition) is 6. The van der Waals surface area contributed by atoms with Crippen LogP contribution in [0.25, 0.3) is 10.9 Å². The van der Waals surface area contributed by atoms with Crippen molar-refractivity contribution in [3.8, 4) is 5.75 Å². The summed E-state index contributed by atoms with van der Waals surface area (Å²) in [7, 11) is 5.45. The summed E-state index contributed by atoms with van der Waals surface area (Å²) in [5.74, 6) is -0.109. The van der Waals surface area contributed by atoms with Gasteiger partial charge in [0.05, 0.1) is 24.2 Å². The van der Waals surface area contributed by atoms with Gasteiger partial charge in [0, 0.05) is 17.0 Å². The zero-order valence-corrected chi connectivity index (χ0v) is 16.6. The van der Waals surface area contributed by atoms with Crippen LogP contribution >= 0.6 is 11.6 Å². The number of fused-ring (bicyclic) bond motifs is 1. The van der Waals surface area contributed by atoms with Crippen LogP contribution in [-0.4, -0.2) is 53.7 Å². The second-order valence-corrected chi connectivity index (χ2v) is 7.05. The average molecular weight is 401 g/mol. The maximum atomic E-state index is 11.7. The molecule has 0 radical (unpaired) electrons. The summed E-state index contributed by atoms with van der Waals surface area (Å²) in [6.07, 6.45) is 1.36. The van der Waals surface area contributed by atoms with Crippen molar-refractivity contribution in [2.45, 2.75) is 6.04 Å². The van der Waals surface area contributed by atoms with Crippen LogP contribution < -0.4 is 10.1 Å². The Balaban J connectivity index is 2.09. The van der Waals surface area contributed by atoms with Gasteiger partial charge in [-0.3, -0.25) is 0 Å². The van der Waals surface area contributed by atoms with Crippen LogP contribution in [0.3, 0.4) is 0 Å². The Morgan fingerprint density at radius 2 is 1.96 bits per heavy atom. The maximum absolute atomic E-state index is 11.7. The summed E-state index contributed by atoms with van der Waals surface area (Å²) in [5, 5.41) is 14.2. The quantitative estimate of drug-likeness (QED) is 0.625. The van der Waals surface area contributed by atoms with Gasteiger partial charge in [-0.2, -0.15) is 0 Å². The first-order chi connectivity index (χ1) is 13.4. The number of carbonyl (C=O) groups is 1. The molecule has 0 aliphatic carbocycles. The van der Waals surface area contributed by atoms with Crippen molar-refractivity contribution in [3.05, 3.63) is 58.9 Å². The Morgan fingerprint density at radius 1 is 1.25 bits per heavy atom. The number of nitrogens with zero attached hydrogens (tertiary/aromatic N) is 3. The molecule has 0 aliphatic heterocycles. The SMILES string of the molecule is COc1cc(C(=O)O)c2ncnc(NC(CN(C)C)c3ccc(Cl)cc3)c2c1. The van der Waals surface area contributed by atoms with Crippen LogP contribution in [-0.2, 0) is 0 Å². The van der Waals surface area contributed by atoms with E-state index in [4.69, 9.17) is 16.3 Å². The molecule has 2 N–H and O–H groups in total. The van der Waals surface area contributed by atoms with E-state index in [0.717, 1.165) is 5.56 Å². The highest BCUT2D eigenvalue weighted by atomic mass is 35.5. The molecular formula is C20H21ClN4O3. The summed E-state index contributed by atoms with van der Waals surface area (Å²) in [6, 6.07) is 10.7. The van der Waals surface area contributed by atoms with Crippen molar-refractivity contribution in [1.82, 2.24) is 14.9 Å². The van der Waals surface area contributed by atoms with Crippen molar-refractivity contribution in [3.63, 3.8) is 0 Å². The van der Waals surface area contributed by atoms with Crippen molar-refractivity contribution < 1.29 is 14.6 Å². The molecule has 0 bridgehead atoms. The lowest BCUT2D eigenvalue weighted by Gasteiger charge is -2.24. The third-order valence-corrected chi connectivity index (χ3v) is 4.56. The Morgan fingerprint density at radius 3 is 2.57 bits per heavy atom. The van der Waals surface area contributed by atoms with Gasteiger partial charge in [0.15, 0.2) is 0 Å². The van der Waals surface area contributed by atoms with Crippen molar-refractivity contribution in [1.29, 1.82) is 0 Å². The number of aromatic nitrogens is 2. The molecule has 0 saturated heterocycles. The van der Waals surface area contributed by atoms with E-state index in [1.807, 2.05) is 38.4 Å². The molecule has 7 nitrogen and oxygen atoms in total. The normalized spacial score (nSPS) is 12.2. The molecule has 8 heteroatoms. The van der Waals surface area contributed by atoms with E-state index >= 15 is 0 Å². The molecule has 3 rings (SSSR count). The first kappa shape index (κ1) is 19.9. The summed E-state index contributed by atoms with van der Waals surface area (Å²) in [6.45, 7) is 0.697. The molecule has 0 amide bonds. The Kier molecular flexibility index (Phi) is 5.96. The van der Waals surface area contributed by atoms with E-state index in [1.165, 1.54) is 19.5 Å². The molecule has 1 aromatic heterocycles. The van der Waals surface area contributed by atoms with E-state index in [9.17, 15) is 9.90 Å². The lowest BCUT2D eigenvalue weighted by molar-refractivity contribution is 0.0698. The summed E-state index contributed by atoms with van der Waals surface area (Å²) in [4.78, 5) is 22.2. The van der Waals surface area contributed by atoms with E-state index in [2.05, 4.69) is 20.2 Å². The number of likely N-dealkylation sites (N-methyl/N-ethyl adjacent to an activating group) is 1. The predicted molar refractivity (Wildman–Crippen MR) is 109 cm³/mol. The number of anilines is 1. The van der Waals surface area contributed by atoms with Gasteiger partial charge >= 0.3 is 5.97 Å². The monoisotopic (exact) mass is 400 g/mol. The standard InChI is InChI=1S/C20H21ClN4O3/c1-25(2)10-17(12-4-6-13(21)7-5-12)24-19-15-8-14(28-3)9-16(20(26)27)18(15)22-11-23-19/h4-9,11,17H,10H2,1-3H3,(H,26,27)(H,22,23,24). The summed E-state index contributed by atoms with van der Waals surface area (Å²) >= 11 is 6.02. The lowest BCUT2D eigenvalue weighted by atomic mass is 10.1. The van der Waals surface area contributed by atoms with Crippen molar-refractivity contribution in [2.75, 3.05) is 33.1 Å². The fourth-order valence-corrected chi connectivity index (χ4v) is 3.12. The molecular weight excluding hydrogens is 380 g/mol.